The first-order valence-corrected chi connectivity index (χ1v) is 11.6. The van der Waals surface area contributed by atoms with E-state index in [1.54, 1.807) is 13.0 Å². The predicted molar refractivity (Wildman–Crippen MR) is 115 cm³/mol. The molecule has 0 saturated heterocycles. The fourth-order valence-electron chi connectivity index (χ4n) is 3.34. The zero-order valence-corrected chi connectivity index (χ0v) is 18.4. The Morgan fingerprint density at radius 2 is 1.72 bits per heavy atom. The number of sulfonamides is 1. The van der Waals surface area contributed by atoms with Crippen LogP contribution in [0, 0.1) is 19.7 Å². The molecule has 2 aromatic rings. The van der Waals surface area contributed by atoms with Crippen molar-refractivity contribution in [3.8, 4) is 0 Å². The molecule has 2 atom stereocenters. The first-order chi connectivity index (χ1) is 13.6. The topological polar surface area (TPSA) is 66.5 Å². The van der Waals surface area contributed by atoms with Crippen LogP contribution in [0.3, 0.4) is 0 Å². The van der Waals surface area contributed by atoms with Crippen molar-refractivity contribution in [3.63, 3.8) is 0 Å². The monoisotopic (exact) mass is 420 g/mol. The van der Waals surface area contributed by atoms with Crippen molar-refractivity contribution in [2.24, 2.45) is 0 Å². The van der Waals surface area contributed by atoms with Gasteiger partial charge in [0.05, 0.1) is 18.0 Å². The Hall–Kier alpha value is -2.41. The summed E-state index contributed by atoms with van der Waals surface area (Å²) in [5, 5.41) is 2.95. The van der Waals surface area contributed by atoms with E-state index in [0.29, 0.717) is 6.42 Å². The number of aryl methyl sites for hydroxylation is 2. The van der Waals surface area contributed by atoms with Gasteiger partial charge in [-0.25, -0.2) is 12.8 Å². The van der Waals surface area contributed by atoms with E-state index in [1.165, 1.54) is 18.2 Å². The van der Waals surface area contributed by atoms with E-state index in [-0.39, 0.29) is 18.2 Å². The maximum Gasteiger partial charge on any atom is 0.244 e. The molecule has 1 N–H and O–H groups in total. The number of para-hydroxylation sites is 1. The van der Waals surface area contributed by atoms with Crippen LogP contribution < -0.4 is 9.62 Å². The maximum absolute atomic E-state index is 14.4. The molecule has 7 heteroatoms. The van der Waals surface area contributed by atoms with E-state index in [9.17, 15) is 17.6 Å². The average molecular weight is 421 g/mol. The zero-order valence-electron chi connectivity index (χ0n) is 17.6. The van der Waals surface area contributed by atoms with Crippen molar-refractivity contribution in [2.45, 2.75) is 52.6 Å². The molecule has 0 aliphatic carbocycles. The number of amides is 1. The number of carbonyl (C=O) groups excluding carboxylic acids is 1. The van der Waals surface area contributed by atoms with E-state index in [1.807, 2.05) is 39.0 Å². The standard InChI is InChI=1S/C22H29FN2O3S/c1-6-19(17-13-12-15(3)16(4)14-17)24-22(26)20(7-2)25(29(5,27)28)21-11-9-8-10-18(21)23/h8-14,19-20H,6-7H2,1-5H3,(H,24,26)/t19-,20-/m1/s1. The first kappa shape index (κ1) is 22.9. The number of anilines is 1. The number of hydrogen-bond acceptors (Lipinski definition) is 3. The summed E-state index contributed by atoms with van der Waals surface area (Å²) < 4.78 is 40.2. The van der Waals surface area contributed by atoms with Crippen LogP contribution in [0.1, 0.15) is 49.4 Å². The van der Waals surface area contributed by atoms with Gasteiger partial charge in [0.2, 0.25) is 15.9 Å². The van der Waals surface area contributed by atoms with E-state index in [0.717, 1.165) is 27.3 Å². The fourth-order valence-corrected chi connectivity index (χ4v) is 4.55. The lowest BCUT2D eigenvalue weighted by Gasteiger charge is -2.31. The Labute approximate surface area is 173 Å². The normalized spacial score (nSPS) is 13.6. The number of nitrogens with zero attached hydrogens (tertiary/aromatic N) is 1. The van der Waals surface area contributed by atoms with Gasteiger partial charge in [-0.15, -0.1) is 0 Å². The highest BCUT2D eigenvalue weighted by Crippen LogP contribution is 2.26. The third kappa shape index (κ3) is 5.35. The highest BCUT2D eigenvalue weighted by Gasteiger charge is 2.33. The molecule has 2 aromatic carbocycles. The average Bonchev–Trinajstić information content (AvgIpc) is 2.66. The number of nitrogens with one attached hydrogen (secondary N) is 1. The van der Waals surface area contributed by atoms with Crippen LogP contribution in [-0.2, 0) is 14.8 Å². The minimum Gasteiger partial charge on any atom is -0.347 e. The third-order valence-electron chi connectivity index (χ3n) is 5.08. The van der Waals surface area contributed by atoms with Gasteiger partial charge < -0.3 is 5.32 Å². The second-order valence-electron chi connectivity index (χ2n) is 7.25. The van der Waals surface area contributed by atoms with E-state index < -0.39 is 27.8 Å². The van der Waals surface area contributed by atoms with Crippen molar-refractivity contribution < 1.29 is 17.6 Å². The molecule has 2 rings (SSSR count). The molecule has 0 fully saturated rings. The maximum atomic E-state index is 14.4. The number of benzene rings is 2. The summed E-state index contributed by atoms with van der Waals surface area (Å²) in [6.45, 7) is 7.68. The van der Waals surface area contributed by atoms with E-state index >= 15 is 0 Å². The lowest BCUT2D eigenvalue weighted by atomic mass is 9.99. The Morgan fingerprint density at radius 1 is 1.07 bits per heavy atom. The summed E-state index contributed by atoms with van der Waals surface area (Å²) in [5.41, 5.74) is 3.10. The van der Waals surface area contributed by atoms with Crippen LogP contribution in [0.4, 0.5) is 10.1 Å². The molecular formula is C22H29FN2O3S. The van der Waals surface area contributed by atoms with Gasteiger partial charge in [0.15, 0.2) is 0 Å². The van der Waals surface area contributed by atoms with Crippen LogP contribution >= 0.6 is 0 Å². The van der Waals surface area contributed by atoms with Crippen molar-refractivity contribution in [1.82, 2.24) is 5.32 Å². The van der Waals surface area contributed by atoms with Crippen molar-refractivity contribution in [2.75, 3.05) is 10.6 Å². The van der Waals surface area contributed by atoms with Crippen molar-refractivity contribution in [3.05, 3.63) is 65.0 Å². The molecule has 0 spiro atoms. The highest BCUT2D eigenvalue weighted by atomic mass is 32.2. The fraction of sp³-hybridized carbons (Fsp3) is 0.409. The SMILES string of the molecule is CC[C@H](C(=O)N[C@H](CC)c1ccc(C)c(C)c1)N(c1ccccc1F)S(C)(=O)=O. The van der Waals surface area contributed by atoms with Crippen LogP contribution in [-0.4, -0.2) is 26.6 Å². The largest absolute Gasteiger partial charge is 0.347 e. The van der Waals surface area contributed by atoms with Gasteiger partial charge in [-0.05, 0) is 55.5 Å². The molecular weight excluding hydrogens is 391 g/mol. The van der Waals surface area contributed by atoms with Gasteiger partial charge in [-0.1, -0.05) is 44.2 Å². The number of hydrogen-bond donors (Lipinski definition) is 1. The first-order valence-electron chi connectivity index (χ1n) is 9.71. The van der Waals surface area contributed by atoms with Crippen molar-refractivity contribution >= 4 is 21.6 Å². The minimum absolute atomic E-state index is 0.128. The summed E-state index contributed by atoms with van der Waals surface area (Å²) in [6, 6.07) is 10.2. The molecule has 0 aliphatic heterocycles. The molecule has 0 bridgehead atoms. The van der Waals surface area contributed by atoms with Crippen LogP contribution in [0.5, 0.6) is 0 Å². The minimum atomic E-state index is -3.88. The molecule has 0 unspecified atom stereocenters. The predicted octanol–water partition coefficient (Wildman–Crippen LogP) is 4.25. The molecule has 0 radical (unpaired) electrons. The summed E-state index contributed by atoms with van der Waals surface area (Å²) in [7, 11) is -3.88. The van der Waals surface area contributed by atoms with Gasteiger partial charge in [0, 0.05) is 0 Å². The van der Waals surface area contributed by atoms with Crippen LogP contribution in [0.25, 0.3) is 0 Å². The Kier molecular flexibility index (Phi) is 7.41. The molecule has 29 heavy (non-hydrogen) atoms. The smallest absolute Gasteiger partial charge is 0.244 e. The number of halogens is 1. The Morgan fingerprint density at radius 3 is 2.24 bits per heavy atom. The highest BCUT2D eigenvalue weighted by molar-refractivity contribution is 7.92. The van der Waals surface area contributed by atoms with Gasteiger partial charge in [0.1, 0.15) is 11.9 Å². The molecule has 0 aromatic heterocycles. The lowest BCUT2D eigenvalue weighted by molar-refractivity contribution is -0.123. The Balaban J connectivity index is 2.38. The summed E-state index contributed by atoms with van der Waals surface area (Å²) in [4.78, 5) is 13.1. The number of rotatable bonds is 8. The van der Waals surface area contributed by atoms with Gasteiger partial charge in [-0.2, -0.15) is 0 Å². The molecule has 0 aliphatic rings. The molecule has 5 nitrogen and oxygen atoms in total. The Bertz CT molecular complexity index is 976. The summed E-state index contributed by atoms with van der Waals surface area (Å²) >= 11 is 0. The third-order valence-corrected chi connectivity index (χ3v) is 6.24. The van der Waals surface area contributed by atoms with Crippen LogP contribution in [0.2, 0.25) is 0 Å². The molecule has 1 amide bonds. The molecule has 0 saturated carbocycles. The zero-order chi connectivity index (χ0) is 21.8. The van der Waals surface area contributed by atoms with Gasteiger partial charge in [-0.3, -0.25) is 9.10 Å². The number of carbonyl (C=O) groups is 1. The molecule has 158 valence electrons. The second-order valence-corrected chi connectivity index (χ2v) is 9.11. The summed E-state index contributed by atoms with van der Waals surface area (Å²) in [6.07, 6.45) is 1.83. The van der Waals surface area contributed by atoms with Gasteiger partial charge in [0.25, 0.3) is 0 Å². The summed E-state index contributed by atoms with van der Waals surface area (Å²) in [5.74, 6) is -1.14. The van der Waals surface area contributed by atoms with E-state index in [4.69, 9.17) is 0 Å². The van der Waals surface area contributed by atoms with E-state index in [2.05, 4.69) is 5.32 Å². The second kappa shape index (κ2) is 9.39. The van der Waals surface area contributed by atoms with Crippen LogP contribution in [0.15, 0.2) is 42.5 Å². The van der Waals surface area contributed by atoms with Crippen molar-refractivity contribution in [1.29, 1.82) is 0 Å². The lowest BCUT2D eigenvalue weighted by Crippen LogP contribution is -2.50. The van der Waals surface area contributed by atoms with Gasteiger partial charge >= 0.3 is 0 Å². The quantitative estimate of drug-likeness (QED) is 0.694. The molecule has 0 heterocycles.